The summed E-state index contributed by atoms with van der Waals surface area (Å²) in [4.78, 5) is 29.7. The lowest BCUT2D eigenvalue weighted by Crippen LogP contribution is -2.26. The number of fused-ring (bicyclic) bond motifs is 3. The van der Waals surface area contributed by atoms with Crippen molar-refractivity contribution in [3.05, 3.63) is 46.6 Å². The Balaban J connectivity index is 1.97. The molecule has 7 nitrogen and oxygen atoms in total. The summed E-state index contributed by atoms with van der Waals surface area (Å²) in [5.74, 6) is 0.0812. The molecule has 2 aromatic heterocycles. The van der Waals surface area contributed by atoms with Gasteiger partial charge in [0.15, 0.2) is 0 Å². The van der Waals surface area contributed by atoms with E-state index in [2.05, 4.69) is 10.1 Å². The number of aromatic nitrogens is 3. The lowest BCUT2D eigenvalue weighted by molar-refractivity contribution is -0.119. The standard InChI is InChI=1S/C19H20N4O3/c1-11(2)23-15-6-4-3-5-14(15)22-10-20-17(18(22)19(23)25)13(21-26)9-16(24)12-7-8-12/h3-6,10-12,26H,7-9H2,1-2H3. The Labute approximate surface area is 149 Å². The zero-order chi connectivity index (χ0) is 18.4. The summed E-state index contributed by atoms with van der Waals surface area (Å²) < 4.78 is 3.41. The van der Waals surface area contributed by atoms with Gasteiger partial charge in [-0.2, -0.15) is 0 Å². The number of hydrogen-bond acceptors (Lipinski definition) is 5. The van der Waals surface area contributed by atoms with Crippen LogP contribution in [0.25, 0.3) is 16.6 Å². The van der Waals surface area contributed by atoms with E-state index in [1.165, 1.54) is 0 Å². The van der Waals surface area contributed by atoms with Crippen LogP contribution in [0.1, 0.15) is 44.8 Å². The second-order valence-electron chi connectivity index (χ2n) is 7.03. The van der Waals surface area contributed by atoms with Crippen molar-refractivity contribution < 1.29 is 10.0 Å². The Bertz CT molecular complexity index is 1100. The van der Waals surface area contributed by atoms with Crippen molar-refractivity contribution in [2.45, 2.75) is 39.2 Å². The molecule has 0 saturated heterocycles. The minimum Gasteiger partial charge on any atom is -0.411 e. The van der Waals surface area contributed by atoms with Gasteiger partial charge in [-0.1, -0.05) is 17.3 Å². The van der Waals surface area contributed by atoms with Crippen LogP contribution in [0.15, 0.2) is 40.5 Å². The van der Waals surface area contributed by atoms with Gasteiger partial charge in [-0.05, 0) is 38.8 Å². The number of oxime groups is 1. The lowest BCUT2D eigenvalue weighted by atomic mass is 10.1. The van der Waals surface area contributed by atoms with Gasteiger partial charge in [0, 0.05) is 12.0 Å². The largest absolute Gasteiger partial charge is 0.411 e. The topological polar surface area (TPSA) is 89.0 Å². The molecule has 26 heavy (non-hydrogen) atoms. The van der Waals surface area contributed by atoms with Crippen LogP contribution < -0.4 is 5.56 Å². The molecule has 0 aliphatic heterocycles. The number of ketones is 1. The van der Waals surface area contributed by atoms with Crippen molar-refractivity contribution in [2.24, 2.45) is 11.1 Å². The number of rotatable bonds is 5. The lowest BCUT2D eigenvalue weighted by Gasteiger charge is -2.15. The number of imidazole rings is 1. The SMILES string of the molecule is CC(C)n1c(=O)c2c(C(CC(=O)C3CC3)=NO)ncn2c2ccccc21. The molecule has 0 atom stereocenters. The molecule has 0 amide bonds. The highest BCUT2D eigenvalue weighted by Crippen LogP contribution is 2.31. The van der Waals surface area contributed by atoms with Gasteiger partial charge < -0.3 is 9.77 Å². The first-order valence-corrected chi connectivity index (χ1v) is 8.77. The number of benzene rings is 1. The number of para-hydroxylation sites is 2. The molecule has 1 fully saturated rings. The highest BCUT2D eigenvalue weighted by molar-refractivity contribution is 6.14. The molecular weight excluding hydrogens is 332 g/mol. The van der Waals surface area contributed by atoms with Crippen LogP contribution in [0.2, 0.25) is 0 Å². The van der Waals surface area contributed by atoms with E-state index in [4.69, 9.17) is 0 Å². The van der Waals surface area contributed by atoms with Crippen molar-refractivity contribution in [1.82, 2.24) is 14.0 Å². The summed E-state index contributed by atoms with van der Waals surface area (Å²) >= 11 is 0. The average molecular weight is 352 g/mol. The van der Waals surface area contributed by atoms with Crippen molar-refractivity contribution >= 4 is 28.0 Å². The fourth-order valence-electron chi connectivity index (χ4n) is 3.44. The van der Waals surface area contributed by atoms with Crippen LogP contribution >= 0.6 is 0 Å². The van der Waals surface area contributed by atoms with Crippen LogP contribution in [0, 0.1) is 5.92 Å². The molecule has 4 rings (SSSR count). The third-order valence-electron chi connectivity index (χ3n) is 4.87. The quantitative estimate of drug-likeness (QED) is 0.434. The predicted molar refractivity (Wildman–Crippen MR) is 98.0 cm³/mol. The monoisotopic (exact) mass is 352 g/mol. The minimum atomic E-state index is -0.216. The Morgan fingerprint density at radius 1 is 1.31 bits per heavy atom. The normalized spacial score (nSPS) is 15.3. The third kappa shape index (κ3) is 2.51. The molecule has 0 spiro atoms. The van der Waals surface area contributed by atoms with E-state index in [-0.39, 0.29) is 41.1 Å². The van der Waals surface area contributed by atoms with E-state index >= 15 is 0 Å². The van der Waals surface area contributed by atoms with E-state index in [0.717, 1.165) is 23.9 Å². The Morgan fingerprint density at radius 2 is 2.00 bits per heavy atom. The second-order valence-corrected chi connectivity index (χ2v) is 7.03. The number of hydrogen-bond donors (Lipinski definition) is 1. The Morgan fingerprint density at radius 3 is 2.62 bits per heavy atom. The molecular formula is C19H20N4O3. The van der Waals surface area contributed by atoms with Gasteiger partial charge in [0.05, 0.1) is 17.5 Å². The third-order valence-corrected chi connectivity index (χ3v) is 4.87. The fourth-order valence-corrected chi connectivity index (χ4v) is 3.44. The molecule has 1 aliphatic rings. The molecule has 7 heteroatoms. The van der Waals surface area contributed by atoms with Gasteiger partial charge in [0.25, 0.3) is 5.56 Å². The first-order valence-electron chi connectivity index (χ1n) is 8.77. The smallest absolute Gasteiger partial charge is 0.277 e. The van der Waals surface area contributed by atoms with Gasteiger partial charge in [-0.25, -0.2) is 4.98 Å². The molecule has 0 unspecified atom stereocenters. The minimum absolute atomic E-state index is 0.0121. The molecule has 2 heterocycles. The van der Waals surface area contributed by atoms with Gasteiger partial charge >= 0.3 is 0 Å². The predicted octanol–water partition coefficient (Wildman–Crippen LogP) is 2.78. The van der Waals surface area contributed by atoms with Gasteiger partial charge in [-0.15, -0.1) is 0 Å². The summed E-state index contributed by atoms with van der Waals surface area (Å²) in [6.07, 6.45) is 3.30. The highest BCUT2D eigenvalue weighted by atomic mass is 16.4. The Hall–Kier alpha value is -2.96. The number of carbonyl (C=O) groups excluding carboxylic acids is 1. The molecule has 0 bridgehead atoms. The van der Waals surface area contributed by atoms with E-state index in [9.17, 15) is 14.8 Å². The maximum Gasteiger partial charge on any atom is 0.277 e. The number of Topliss-reactive ketones (excluding diaryl/α,β-unsaturated/α-hetero) is 1. The van der Waals surface area contributed by atoms with Crippen molar-refractivity contribution in [3.63, 3.8) is 0 Å². The summed E-state index contributed by atoms with van der Waals surface area (Å²) in [6, 6.07) is 7.54. The van der Waals surface area contributed by atoms with Crippen LogP contribution in [-0.2, 0) is 4.79 Å². The Kier molecular flexibility index (Phi) is 3.86. The van der Waals surface area contributed by atoms with E-state index < -0.39 is 0 Å². The maximum absolute atomic E-state index is 13.2. The van der Waals surface area contributed by atoms with Crippen LogP contribution in [0.5, 0.6) is 0 Å². The van der Waals surface area contributed by atoms with Gasteiger partial charge in [0.2, 0.25) is 0 Å². The second kappa shape index (κ2) is 6.09. The van der Waals surface area contributed by atoms with Gasteiger partial charge in [-0.3, -0.25) is 14.0 Å². The summed E-state index contributed by atoms with van der Waals surface area (Å²) in [5, 5.41) is 12.8. The average Bonchev–Trinajstić information content (AvgIpc) is 3.38. The highest BCUT2D eigenvalue weighted by Gasteiger charge is 2.31. The van der Waals surface area contributed by atoms with Crippen LogP contribution in [0.3, 0.4) is 0 Å². The summed E-state index contributed by atoms with van der Waals surface area (Å²) in [5.41, 5.74) is 2.17. The molecule has 134 valence electrons. The molecule has 1 aromatic carbocycles. The first-order chi connectivity index (χ1) is 12.5. The molecule has 1 aliphatic carbocycles. The van der Waals surface area contributed by atoms with E-state index in [1.54, 1.807) is 15.3 Å². The zero-order valence-corrected chi connectivity index (χ0v) is 14.7. The molecule has 1 saturated carbocycles. The fraction of sp³-hybridized carbons (Fsp3) is 0.368. The van der Waals surface area contributed by atoms with Crippen LogP contribution in [-0.4, -0.2) is 30.7 Å². The zero-order valence-electron chi connectivity index (χ0n) is 14.7. The summed E-state index contributed by atoms with van der Waals surface area (Å²) in [7, 11) is 0. The molecule has 0 radical (unpaired) electrons. The van der Waals surface area contributed by atoms with E-state index in [0.29, 0.717) is 5.52 Å². The summed E-state index contributed by atoms with van der Waals surface area (Å²) in [6.45, 7) is 3.89. The molecule has 1 N–H and O–H groups in total. The van der Waals surface area contributed by atoms with Crippen LogP contribution in [0.4, 0.5) is 0 Å². The van der Waals surface area contributed by atoms with Gasteiger partial charge in [0.1, 0.15) is 29.0 Å². The van der Waals surface area contributed by atoms with Crippen molar-refractivity contribution in [3.8, 4) is 0 Å². The molecule has 3 aromatic rings. The number of nitrogens with zero attached hydrogens (tertiary/aromatic N) is 4. The van der Waals surface area contributed by atoms with Crippen molar-refractivity contribution in [2.75, 3.05) is 0 Å². The van der Waals surface area contributed by atoms with E-state index in [1.807, 2.05) is 38.1 Å². The number of carbonyl (C=O) groups is 1. The first kappa shape index (κ1) is 16.5. The maximum atomic E-state index is 13.2. The van der Waals surface area contributed by atoms with Crippen molar-refractivity contribution in [1.29, 1.82) is 0 Å².